The van der Waals surface area contributed by atoms with E-state index in [0.29, 0.717) is 12.1 Å². The van der Waals surface area contributed by atoms with Crippen molar-refractivity contribution in [2.45, 2.75) is 33.2 Å². The van der Waals surface area contributed by atoms with Gasteiger partial charge < -0.3 is 11.1 Å². The van der Waals surface area contributed by atoms with Crippen LogP contribution in [-0.2, 0) is 0 Å². The first-order chi connectivity index (χ1) is 10.8. The van der Waals surface area contributed by atoms with Crippen molar-refractivity contribution < 1.29 is 4.79 Å². The minimum atomic E-state index is -0.441. The van der Waals surface area contributed by atoms with Crippen molar-refractivity contribution in [3.8, 4) is 5.69 Å². The van der Waals surface area contributed by atoms with Crippen molar-refractivity contribution in [3.63, 3.8) is 0 Å². The number of hydrogen-bond donors (Lipinski definition) is 2. The zero-order valence-electron chi connectivity index (χ0n) is 14.3. The van der Waals surface area contributed by atoms with Crippen LogP contribution in [0.3, 0.4) is 0 Å². The highest BCUT2D eigenvalue weighted by Crippen LogP contribution is 2.19. The van der Waals surface area contributed by atoms with Crippen LogP contribution >= 0.6 is 28.3 Å². The molecular formula is C17H24BrClN4O. The third-order valence-corrected chi connectivity index (χ3v) is 4.95. The van der Waals surface area contributed by atoms with Gasteiger partial charge >= 0.3 is 0 Å². The van der Waals surface area contributed by atoms with Crippen LogP contribution in [0.1, 0.15) is 36.8 Å². The van der Waals surface area contributed by atoms with Gasteiger partial charge in [0, 0.05) is 11.0 Å². The zero-order chi connectivity index (χ0) is 17.2. The maximum absolute atomic E-state index is 12.6. The minimum absolute atomic E-state index is 0. The summed E-state index contributed by atoms with van der Waals surface area (Å²) in [7, 11) is 0. The van der Waals surface area contributed by atoms with Crippen molar-refractivity contribution in [2.24, 2.45) is 11.7 Å². The number of rotatable bonds is 5. The number of nitrogens with zero attached hydrogens (tertiary/aromatic N) is 2. The molecule has 2 rings (SSSR count). The molecule has 0 saturated carbocycles. The predicted octanol–water partition coefficient (Wildman–Crippen LogP) is 3.47. The standard InChI is InChI=1S/C17H23BrN4O.ClH/c1-11(2)17(4,10-19)21-16(23)15-9-20-22(12(15)3)14-7-5-13(18)6-8-14;/h5-9,11H,10,19H2,1-4H3,(H,21,23);1H. The molecule has 1 aromatic carbocycles. The van der Waals surface area contributed by atoms with Crippen LogP contribution in [0, 0.1) is 12.8 Å². The van der Waals surface area contributed by atoms with Crippen LogP contribution in [0.25, 0.3) is 5.69 Å². The summed E-state index contributed by atoms with van der Waals surface area (Å²) in [5.74, 6) is 0.0887. The third kappa shape index (κ3) is 4.18. The molecule has 1 amide bonds. The fourth-order valence-electron chi connectivity index (χ4n) is 2.23. The molecule has 7 heteroatoms. The quantitative estimate of drug-likeness (QED) is 0.785. The first kappa shape index (κ1) is 20.7. The lowest BCUT2D eigenvalue weighted by molar-refractivity contribution is 0.0882. The molecular weight excluding hydrogens is 392 g/mol. The fourth-order valence-corrected chi connectivity index (χ4v) is 2.50. The minimum Gasteiger partial charge on any atom is -0.345 e. The molecule has 1 atom stereocenters. The number of nitrogens with two attached hydrogens (primary N) is 1. The van der Waals surface area contributed by atoms with Gasteiger partial charge in [-0.3, -0.25) is 4.79 Å². The Morgan fingerprint density at radius 3 is 2.46 bits per heavy atom. The average molecular weight is 416 g/mol. The number of nitrogens with one attached hydrogen (secondary N) is 1. The molecule has 24 heavy (non-hydrogen) atoms. The van der Waals surface area contributed by atoms with Crippen molar-refractivity contribution in [1.82, 2.24) is 15.1 Å². The Kier molecular flexibility index (Phi) is 7.01. The van der Waals surface area contributed by atoms with Gasteiger partial charge in [0.05, 0.1) is 28.7 Å². The van der Waals surface area contributed by atoms with Crippen molar-refractivity contribution in [2.75, 3.05) is 6.54 Å². The Balaban J connectivity index is 0.00000288. The van der Waals surface area contributed by atoms with Crippen LogP contribution in [0.5, 0.6) is 0 Å². The number of halogens is 2. The number of carbonyl (C=O) groups excluding carboxylic acids is 1. The second kappa shape index (κ2) is 8.14. The Morgan fingerprint density at radius 2 is 1.96 bits per heavy atom. The molecule has 0 bridgehead atoms. The Hall–Kier alpha value is -1.37. The molecule has 1 heterocycles. The van der Waals surface area contributed by atoms with Gasteiger partial charge in [0.1, 0.15) is 0 Å². The highest BCUT2D eigenvalue weighted by atomic mass is 79.9. The van der Waals surface area contributed by atoms with Gasteiger partial charge in [-0.05, 0) is 44.0 Å². The summed E-state index contributed by atoms with van der Waals surface area (Å²) in [5, 5.41) is 7.40. The molecule has 0 aliphatic rings. The SMILES string of the molecule is Cc1c(C(=O)NC(C)(CN)C(C)C)cnn1-c1ccc(Br)cc1.Cl. The molecule has 5 nitrogen and oxygen atoms in total. The molecule has 0 aliphatic carbocycles. The van der Waals surface area contributed by atoms with Crippen molar-refractivity contribution in [1.29, 1.82) is 0 Å². The van der Waals surface area contributed by atoms with E-state index >= 15 is 0 Å². The predicted molar refractivity (Wildman–Crippen MR) is 103 cm³/mol. The largest absolute Gasteiger partial charge is 0.345 e. The lowest BCUT2D eigenvalue weighted by Gasteiger charge is -2.33. The van der Waals surface area contributed by atoms with Crippen LogP contribution < -0.4 is 11.1 Å². The van der Waals surface area contributed by atoms with Crippen LogP contribution in [0.2, 0.25) is 0 Å². The van der Waals surface area contributed by atoms with Crippen LogP contribution in [-0.4, -0.2) is 27.8 Å². The number of benzene rings is 1. The van der Waals surface area contributed by atoms with Crippen LogP contribution in [0.15, 0.2) is 34.9 Å². The summed E-state index contributed by atoms with van der Waals surface area (Å²) in [6.45, 7) is 8.33. The van der Waals surface area contributed by atoms with E-state index in [-0.39, 0.29) is 24.2 Å². The van der Waals surface area contributed by atoms with E-state index in [4.69, 9.17) is 5.73 Å². The van der Waals surface area contributed by atoms with E-state index in [9.17, 15) is 4.79 Å². The van der Waals surface area contributed by atoms with Gasteiger partial charge in [-0.15, -0.1) is 12.4 Å². The molecule has 0 fully saturated rings. The molecule has 0 radical (unpaired) electrons. The van der Waals surface area contributed by atoms with Gasteiger partial charge in [-0.1, -0.05) is 29.8 Å². The van der Waals surface area contributed by atoms with Gasteiger partial charge in [0.25, 0.3) is 5.91 Å². The van der Waals surface area contributed by atoms with Gasteiger partial charge in [-0.25, -0.2) is 4.68 Å². The lowest BCUT2D eigenvalue weighted by atomic mass is 9.88. The van der Waals surface area contributed by atoms with Gasteiger partial charge in [0.2, 0.25) is 0 Å². The second-order valence-electron chi connectivity index (χ2n) is 6.26. The van der Waals surface area contributed by atoms with E-state index in [2.05, 4.69) is 26.3 Å². The molecule has 0 spiro atoms. The number of hydrogen-bond acceptors (Lipinski definition) is 3. The average Bonchev–Trinajstić information content (AvgIpc) is 2.89. The second-order valence-corrected chi connectivity index (χ2v) is 7.18. The number of amides is 1. The summed E-state index contributed by atoms with van der Waals surface area (Å²) in [4.78, 5) is 12.6. The van der Waals surface area contributed by atoms with E-state index in [0.717, 1.165) is 15.9 Å². The smallest absolute Gasteiger partial charge is 0.255 e. The van der Waals surface area contributed by atoms with Crippen LogP contribution in [0.4, 0.5) is 0 Å². The maximum Gasteiger partial charge on any atom is 0.255 e. The first-order valence-electron chi connectivity index (χ1n) is 7.61. The first-order valence-corrected chi connectivity index (χ1v) is 8.41. The molecule has 1 aromatic heterocycles. The highest BCUT2D eigenvalue weighted by Gasteiger charge is 2.30. The maximum atomic E-state index is 12.6. The normalized spacial score (nSPS) is 13.3. The number of aromatic nitrogens is 2. The van der Waals surface area contributed by atoms with E-state index < -0.39 is 5.54 Å². The molecule has 132 valence electrons. The summed E-state index contributed by atoms with van der Waals surface area (Å²) in [6, 6.07) is 7.79. The fraction of sp³-hybridized carbons (Fsp3) is 0.412. The summed E-state index contributed by atoms with van der Waals surface area (Å²) >= 11 is 3.41. The number of carbonyl (C=O) groups is 1. The summed E-state index contributed by atoms with van der Waals surface area (Å²) in [5.41, 5.74) is 7.68. The Bertz CT molecular complexity index is 699. The summed E-state index contributed by atoms with van der Waals surface area (Å²) < 4.78 is 2.76. The Labute approximate surface area is 157 Å². The summed E-state index contributed by atoms with van der Waals surface area (Å²) in [6.07, 6.45) is 1.60. The van der Waals surface area contributed by atoms with Gasteiger partial charge in [-0.2, -0.15) is 5.10 Å². The lowest BCUT2D eigenvalue weighted by Crippen LogP contribution is -2.55. The van der Waals surface area contributed by atoms with Gasteiger partial charge in [0.15, 0.2) is 0 Å². The Morgan fingerprint density at radius 1 is 1.38 bits per heavy atom. The molecule has 3 N–H and O–H groups in total. The molecule has 1 unspecified atom stereocenters. The van der Waals surface area contributed by atoms with E-state index in [1.807, 2.05) is 52.0 Å². The van der Waals surface area contributed by atoms with Crippen molar-refractivity contribution >= 4 is 34.2 Å². The van der Waals surface area contributed by atoms with E-state index in [1.165, 1.54) is 0 Å². The highest BCUT2D eigenvalue weighted by molar-refractivity contribution is 9.10. The molecule has 0 saturated heterocycles. The molecule has 2 aromatic rings. The molecule has 0 aliphatic heterocycles. The van der Waals surface area contributed by atoms with Crippen molar-refractivity contribution in [3.05, 3.63) is 46.2 Å². The third-order valence-electron chi connectivity index (χ3n) is 4.42. The van der Waals surface area contributed by atoms with E-state index in [1.54, 1.807) is 10.9 Å². The topological polar surface area (TPSA) is 72.9 Å². The monoisotopic (exact) mass is 414 g/mol. The zero-order valence-corrected chi connectivity index (χ0v) is 16.7.